The molecule has 2 saturated heterocycles. The largest absolute Gasteiger partial charge is 0.316 e. The normalized spacial score (nSPS) is 28.3. The molecule has 0 bridgehead atoms. The van der Waals surface area contributed by atoms with Gasteiger partial charge in [0.25, 0.3) is 0 Å². The van der Waals surface area contributed by atoms with E-state index in [0.29, 0.717) is 5.41 Å². The first-order chi connectivity index (χ1) is 8.67. The van der Waals surface area contributed by atoms with Crippen LogP contribution in [-0.4, -0.2) is 31.1 Å². The topological polar surface area (TPSA) is 15.3 Å². The lowest BCUT2D eigenvalue weighted by Gasteiger charge is -2.23. The predicted molar refractivity (Wildman–Crippen MR) is 71.0 cm³/mol. The Hall–Kier alpha value is -0.930. The number of benzene rings is 1. The van der Waals surface area contributed by atoms with Crippen LogP contribution in [0.4, 0.5) is 4.39 Å². The van der Waals surface area contributed by atoms with E-state index < -0.39 is 0 Å². The molecular formula is C15H21FN2. The third-order valence-corrected chi connectivity index (χ3v) is 4.55. The molecular weight excluding hydrogens is 227 g/mol. The van der Waals surface area contributed by atoms with Gasteiger partial charge >= 0.3 is 0 Å². The maximum atomic E-state index is 13.1. The molecule has 3 rings (SSSR count). The number of aryl methyl sites for hydroxylation is 1. The molecule has 2 nitrogen and oxygen atoms in total. The standard InChI is InChI=1S/C15H21FN2/c1-12-8-14(16)3-2-13(12)9-18-7-5-15(11-18)4-6-17-10-15/h2-3,8,17H,4-7,9-11H2,1H3. The highest BCUT2D eigenvalue weighted by Crippen LogP contribution is 2.36. The van der Waals surface area contributed by atoms with Gasteiger partial charge in [-0.15, -0.1) is 0 Å². The van der Waals surface area contributed by atoms with E-state index in [-0.39, 0.29) is 5.82 Å². The van der Waals surface area contributed by atoms with Gasteiger partial charge in [0.2, 0.25) is 0 Å². The Labute approximate surface area is 108 Å². The molecule has 0 aromatic heterocycles. The highest BCUT2D eigenvalue weighted by atomic mass is 19.1. The zero-order chi connectivity index (χ0) is 12.6. The minimum Gasteiger partial charge on any atom is -0.316 e. The Morgan fingerprint density at radius 2 is 2.28 bits per heavy atom. The number of hydrogen-bond acceptors (Lipinski definition) is 2. The third kappa shape index (κ3) is 2.29. The van der Waals surface area contributed by atoms with Gasteiger partial charge in [-0.05, 0) is 61.5 Å². The van der Waals surface area contributed by atoms with Crippen LogP contribution in [0.25, 0.3) is 0 Å². The van der Waals surface area contributed by atoms with E-state index in [1.54, 1.807) is 12.1 Å². The molecule has 2 aliphatic heterocycles. The number of rotatable bonds is 2. The minimum absolute atomic E-state index is 0.130. The summed E-state index contributed by atoms with van der Waals surface area (Å²) in [4.78, 5) is 2.52. The molecule has 3 heteroatoms. The first-order valence-electron chi connectivity index (χ1n) is 6.85. The molecule has 1 unspecified atom stereocenters. The first kappa shape index (κ1) is 12.1. The second-order valence-corrected chi connectivity index (χ2v) is 5.96. The van der Waals surface area contributed by atoms with Gasteiger partial charge in [0.05, 0.1) is 0 Å². The zero-order valence-electron chi connectivity index (χ0n) is 11.0. The summed E-state index contributed by atoms with van der Waals surface area (Å²) < 4.78 is 13.1. The van der Waals surface area contributed by atoms with Gasteiger partial charge < -0.3 is 5.32 Å². The van der Waals surface area contributed by atoms with Crippen LogP contribution in [0.5, 0.6) is 0 Å². The maximum absolute atomic E-state index is 13.1. The maximum Gasteiger partial charge on any atom is 0.123 e. The molecule has 98 valence electrons. The molecule has 1 spiro atoms. The predicted octanol–water partition coefficient (Wildman–Crippen LogP) is 2.32. The van der Waals surface area contributed by atoms with Gasteiger partial charge in [-0.25, -0.2) is 4.39 Å². The van der Waals surface area contributed by atoms with Gasteiger partial charge in [0, 0.05) is 19.6 Å². The summed E-state index contributed by atoms with van der Waals surface area (Å²) in [6, 6.07) is 5.14. The molecule has 0 saturated carbocycles. The lowest BCUT2D eigenvalue weighted by molar-refractivity contribution is 0.268. The Kier molecular flexibility index (Phi) is 3.12. The quantitative estimate of drug-likeness (QED) is 0.864. The van der Waals surface area contributed by atoms with E-state index in [4.69, 9.17) is 0 Å². The van der Waals surface area contributed by atoms with Crippen LogP contribution in [0.15, 0.2) is 18.2 Å². The highest BCUT2D eigenvalue weighted by molar-refractivity contribution is 5.26. The van der Waals surface area contributed by atoms with Crippen molar-refractivity contribution in [1.29, 1.82) is 0 Å². The van der Waals surface area contributed by atoms with Crippen LogP contribution in [0, 0.1) is 18.2 Å². The SMILES string of the molecule is Cc1cc(F)ccc1CN1CCC2(CCNC2)C1. The van der Waals surface area contributed by atoms with E-state index >= 15 is 0 Å². The molecule has 2 heterocycles. The monoisotopic (exact) mass is 248 g/mol. The van der Waals surface area contributed by atoms with Crippen molar-refractivity contribution >= 4 is 0 Å². The molecule has 1 aromatic carbocycles. The Morgan fingerprint density at radius 1 is 1.39 bits per heavy atom. The molecule has 1 aromatic rings. The number of halogens is 1. The average Bonchev–Trinajstić information content (AvgIpc) is 2.94. The fraction of sp³-hybridized carbons (Fsp3) is 0.600. The van der Waals surface area contributed by atoms with Crippen LogP contribution < -0.4 is 5.32 Å². The van der Waals surface area contributed by atoms with Gasteiger partial charge in [-0.3, -0.25) is 4.90 Å². The van der Waals surface area contributed by atoms with Crippen LogP contribution >= 0.6 is 0 Å². The van der Waals surface area contributed by atoms with E-state index in [9.17, 15) is 4.39 Å². The number of nitrogens with zero attached hydrogens (tertiary/aromatic N) is 1. The second-order valence-electron chi connectivity index (χ2n) is 5.96. The summed E-state index contributed by atoms with van der Waals surface area (Å²) in [7, 11) is 0. The van der Waals surface area contributed by atoms with Gasteiger partial charge in [-0.2, -0.15) is 0 Å². The number of hydrogen-bond donors (Lipinski definition) is 1. The Balaban J connectivity index is 1.67. The van der Waals surface area contributed by atoms with Crippen molar-refractivity contribution in [2.75, 3.05) is 26.2 Å². The minimum atomic E-state index is -0.130. The zero-order valence-corrected chi connectivity index (χ0v) is 11.0. The summed E-state index contributed by atoms with van der Waals surface area (Å²) in [5, 5.41) is 3.48. The lowest BCUT2D eigenvalue weighted by atomic mass is 9.86. The summed E-state index contributed by atoms with van der Waals surface area (Å²) in [5.41, 5.74) is 2.86. The Bertz CT molecular complexity index is 438. The molecule has 1 N–H and O–H groups in total. The molecule has 0 aliphatic carbocycles. The van der Waals surface area contributed by atoms with Crippen LogP contribution in [0.2, 0.25) is 0 Å². The molecule has 2 fully saturated rings. The Morgan fingerprint density at radius 3 is 3.00 bits per heavy atom. The molecule has 0 radical (unpaired) electrons. The van der Waals surface area contributed by atoms with Gasteiger partial charge in [0.15, 0.2) is 0 Å². The average molecular weight is 248 g/mol. The number of nitrogens with one attached hydrogen (secondary N) is 1. The lowest BCUT2D eigenvalue weighted by Crippen LogP contribution is -2.29. The third-order valence-electron chi connectivity index (χ3n) is 4.55. The molecule has 2 aliphatic rings. The fourth-order valence-corrected chi connectivity index (χ4v) is 3.38. The summed E-state index contributed by atoms with van der Waals surface area (Å²) in [5.74, 6) is -0.130. The number of likely N-dealkylation sites (tertiary alicyclic amines) is 1. The van der Waals surface area contributed by atoms with Crippen molar-refractivity contribution in [3.05, 3.63) is 35.1 Å². The second kappa shape index (κ2) is 4.63. The van der Waals surface area contributed by atoms with Crippen molar-refractivity contribution in [2.45, 2.75) is 26.3 Å². The van der Waals surface area contributed by atoms with E-state index in [1.807, 2.05) is 13.0 Å². The van der Waals surface area contributed by atoms with Crippen LogP contribution in [0.3, 0.4) is 0 Å². The van der Waals surface area contributed by atoms with E-state index in [2.05, 4.69) is 10.2 Å². The summed E-state index contributed by atoms with van der Waals surface area (Å²) >= 11 is 0. The van der Waals surface area contributed by atoms with Crippen molar-refractivity contribution < 1.29 is 4.39 Å². The highest BCUT2D eigenvalue weighted by Gasteiger charge is 2.40. The van der Waals surface area contributed by atoms with Crippen LogP contribution in [0.1, 0.15) is 24.0 Å². The summed E-state index contributed by atoms with van der Waals surface area (Å²) in [6.07, 6.45) is 2.62. The van der Waals surface area contributed by atoms with E-state index in [0.717, 1.165) is 12.1 Å². The molecule has 0 amide bonds. The van der Waals surface area contributed by atoms with Gasteiger partial charge in [-0.1, -0.05) is 6.07 Å². The fourth-order valence-electron chi connectivity index (χ4n) is 3.38. The summed E-state index contributed by atoms with van der Waals surface area (Å²) in [6.45, 7) is 7.68. The molecule has 18 heavy (non-hydrogen) atoms. The van der Waals surface area contributed by atoms with Crippen LogP contribution in [-0.2, 0) is 6.54 Å². The van der Waals surface area contributed by atoms with E-state index in [1.165, 1.54) is 44.6 Å². The molecule has 1 atom stereocenters. The van der Waals surface area contributed by atoms with Crippen molar-refractivity contribution in [3.8, 4) is 0 Å². The van der Waals surface area contributed by atoms with Crippen molar-refractivity contribution in [3.63, 3.8) is 0 Å². The van der Waals surface area contributed by atoms with Gasteiger partial charge in [0.1, 0.15) is 5.82 Å². The first-order valence-corrected chi connectivity index (χ1v) is 6.85. The smallest absolute Gasteiger partial charge is 0.123 e. The van der Waals surface area contributed by atoms with Crippen molar-refractivity contribution in [1.82, 2.24) is 10.2 Å². The van der Waals surface area contributed by atoms with Crippen molar-refractivity contribution in [2.24, 2.45) is 5.41 Å².